The molecular formula is C13H19BrFNO2S. The van der Waals surface area contributed by atoms with Crippen LogP contribution in [0.5, 0.6) is 0 Å². The lowest BCUT2D eigenvalue weighted by Crippen LogP contribution is -2.36. The average molecular weight is 352 g/mol. The summed E-state index contributed by atoms with van der Waals surface area (Å²) in [5, 5.41) is 2.43. The standard InChI is InChI=1S/C13H19BrFNO2S/c1-4-7-16-13(9(2)19(3,17)18)11-8-10(14)5-6-12(11)15/h5-6,8-9,13,16H,4,7H2,1-3H3. The summed E-state index contributed by atoms with van der Waals surface area (Å²) in [4.78, 5) is 0. The van der Waals surface area contributed by atoms with E-state index in [1.807, 2.05) is 6.92 Å². The van der Waals surface area contributed by atoms with Gasteiger partial charge in [-0.2, -0.15) is 0 Å². The van der Waals surface area contributed by atoms with Gasteiger partial charge < -0.3 is 5.32 Å². The number of hydrogen-bond donors (Lipinski definition) is 1. The van der Waals surface area contributed by atoms with Crippen LogP contribution in [0.15, 0.2) is 22.7 Å². The Kier molecular flexibility index (Phi) is 5.95. The van der Waals surface area contributed by atoms with E-state index in [4.69, 9.17) is 0 Å². The van der Waals surface area contributed by atoms with Crippen LogP contribution in [0.3, 0.4) is 0 Å². The second-order valence-corrected chi connectivity index (χ2v) is 7.95. The third kappa shape index (κ3) is 4.54. The zero-order valence-electron chi connectivity index (χ0n) is 11.3. The molecule has 6 heteroatoms. The first-order valence-corrected chi connectivity index (χ1v) is 8.89. The van der Waals surface area contributed by atoms with Crippen LogP contribution in [0.2, 0.25) is 0 Å². The Hall–Kier alpha value is -0.460. The summed E-state index contributed by atoms with van der Waals surface area (Å²) in [7, 11) is -3.25. The first kappa shape index (κ1) is 16.6. The van der Waals surface area contributed by atoms with Crippen LogP contribution in [-0.4, -0.2) is 26.5 Å². The van der Waals surface area contributed by atoms with E-state index < -0.39 is 26.9 Å². The molecule has 2 atom stereocenters. The number of nitrogens with one attached hydrogen (secondary N) is 1. The third-order valence-electron chi connectivity index (χ3n) is 3.05. The Bertz CT molecular complexity index is 533. The van der Waals surface area contributed by atoms with E-state index in [0.29, 0.717) is 12.1 Å². The fourth-order valence-corrected chi connectivity index (χ4v) is 2.94. The molecule has 1 aromatic carbocycles. The Labute approximate surface area is 122 Å². The van der Waals surface area contributed by atoms with E-state index in [0.717, 1.165) is 10.9 Å². The van der Waals surface area contributed by atoms with Crippen LogP contribution in [-0.2, 0) is 9.84 Å². The van der Waals surface area contributed by atoms with Gasteiger partial charge in [0.1, 0.15) is 5.82 Å². The SMILES string of the molecule is CCCNC(c1cc(Br)ccc1F)C(C)S(C)(=O)=O. The summed E-state index contributed by atoms with van der Waals surface area (Å²) >= 11 is 3.29. The zero-order chi connectivity index (χ0) is 14.6. The monoisotopic (exact) mass is 351 g/mol. The Morgan fingerprint density at radius 1 is 1.42 bits per heavy atom. The fraction of sp³-hybridized carbons (Fsp3) is 0.538. The number of halogens is 2. The molecule has 0 amide bonds. The van der Waals surface area contributed by atoms with Crippen LogP contribution >= 0.6 is 15.9 Å². The number of rotatable bonds is 6. The second kappa shape index (κ2) is 6.81. The Balaban J connectivity index is 3.19. The first-order valence-electron chi connectivity index (χ1n) is 6.14. The molecule has 0 aliphatic heterocycles. The van der Waals surface area contributed by atoms with Gasteiger partial charge in [0, 0.05) is 16.3 Å². The molecule has 0 radical (unpaired) electrons. The van der Waals surface area contributed by atoms with Gasteiger partial charge in [0.05, 0.1) is 11.3 Å². The lowest BCUT2D eigenvalue weighted by Gasteiger charge is -2.25. The van der Waals surface area contributed by atoms with E-state index in [-0.39, 0.29) is 0 Å². The predicted octanol–water partition coefficient (Wildman–Crippen LogP) is 3.06. The van der Waals surface area contributed by atoms with Gasteiger partial charge in [0.2, 0.25) is 0 Å². The van der Waals surface area contributed by atoms with Gasteiger partial charge in [-0.15, -0.1) is 0 Å². The molecular weight excluding hydrogens is 333 g/mol. The predicted molar refractivity (Wildman–Crippen MR) is 79.4 cm³/mol. The van der Waals surface area contributed by atoms with E-state index in [9.17, 15) is 12.8 Å². The maximum atomic E-state index is 13.9. The molecule has 0 aliphatic rings. The molecule has 0 aliphatic carbocycles. The highest BCUT2D eigenvalue weighted by Crippen LogP contribution is 2.27. The maximum Gasteiger partial charge on any atom is 0.151 e. The third-order valence-corrected chi connectivity index (χ3v) is 5.17. The normalized spacial score (nSPS) is 15.2. The molecule has 1 rings (SSSR count). The van der Waals surface area contributed by atoms with Crippen molar-refractivity contribution in [3.8, 4) is 0 Å². The summed E-state index contributed by atoms with van der Waals surface area (Å²) in [6.45, 7) is 4.21. The van der Waals surface area contributed by atoms with Crippen molar-refractivity contribution in [1.82, 2.24) is 5.32 Å². The summed E-state index contributed by atoms with van der Waals surface area (Å²) in [5.74, 6) is -0.396. The maximum absolute atomic E-state index is 13.9. The highest BCUT2D eigenvalue weighted by atomic mass is 79.9. The van der Waals surface area contributed by atoms with Crippen LogP contribution in [0, 0.1) is 5.82 Å². The van der Waals surface area contributed by atoms with E-state index in [2.05, 4.69) is 21.2 Å². The molecule has 19 heavy (non-hydrogen) atoms. The van der Waals surface area contributed by atoms with Gasteiger partial charge in [-0.3, -0.25) is 0 Å². The molecule has 1 N–H and O–H groups in total. The highest BCUT2D eigenvalue weighted by molar-refractivity contribution is 9.10. The minimum Gasteiger partial charge on any atom is -0.309 e. The van der Waals surface area contributed by atoms with Crippen molar-refractivity contribution in [1.29, 1.82) is 0 Å². The molecule has 0 heterocycles. The molecule has 0 aromatic heterocycles. The van der Waals surface area contributed by atoms with Crippen molar-refractivity contribution in [2.24, 2.45) is 0 Å². The van der Waals surface area contributed by atoms with Crippen LogP contribution < -0.4 is 5.32 Å². The molecule has 0 spiro atoms. The number of benzene rings is 1. The molecule has 108 valence electrons. The summed E-state index contributed by atoms with van der Waals surface area (Å²) in [5.41, 5.74) is 0.376. The molecule has 3 nitrogen and oxygen atoms in total. The van der Waals surface area contributed by atoms with E-state index in [1.165, 1.54) is 12.3 Å². The van der Waals surface area contributed by atoms with Crippen molar-refractivity contribution < 1.29 is 12.8 Å². The molecule has 0 fully saturated rings. The lowest BCUT2D eigenvalue weighted by atomic mass is 10.0. The smallest absolute Gasteiger partial charge is 0.151 e. The molecule has 2 unspecified atom stereocenters. The van der Waals surface area contributed by atoms with Gasteiger partial charge in [0.15, 0.2) is 9.84 Å². The highest BCUT2D eigenvalue weighted by Gasteiger charge is 2.28. The minimum absolute atomic E-state index is 0.376. The van der Waals surface area contributed by atoms with Crippen molar-refractivity contribution in [3.05, 3.63) is 34.1 Å². The largest absolute Gasteiger partial charge is 0.309 e. The minimum atomic E-state index is -3.25. The zero-order valence-corrected chi connectivity index (χ0v) is 13.7. The first-order chi connectivity index (χ1) is 8.77. The average Bonchev–Trinajstić information content (AvgIpc) is 2.32. The topological polar surface area (TPSA) is 46.2 Å². The number of hydrogen-bond acceptors (Lipinski definition) is 3. The van der Waals surface area contributed by atoms with Gasteiger partial charge in [-0.1, -0.05) is 22.9 Å². The summed E-state index contributed by atoms with van der Waals surface area (Å²) in [6.07, 6.45) is 2.02. The lowest BCUT2D eigenvalue weighted by molar-refractivity contribution is 0.478. The molecule has 0 saturated carbocycles. The Morgan fingerprint density at radius 2 is 2.05 bits per heavy atom. The van der Waals surface area contributed by atoms with E-state index >= 15 is 0 Å². The van der Waals surface area contributed by atoms with Crippen LogP contribution in [0.4, 0.5) is 4.39 Å². The fourth-order valence-electron chi connectivity index (χ4n) is 1.83. The quantitative estimate of drug-likeness (QED) is 0.856. The van der Waals surface area contributed by atoms with Crippen molar-refractivity contribution in [3.63, 3.8) is 0 Å². The van der Waals surface area contributed by atoms with Gasteiger partial charge in [-0.05, 0) is 38.1 Å². The van der Waals surface area contributed by atoms with Crippen molar-refractivity contribution in [2.75, 3.05) is 12.8 Å². The second-order valence-electron chi connectivity index (χ2n) is 4.63. The van der Waals surface area contributed by atoms with E-state index in [1.54, 1.807) is 19.1 Å². The van der Waals surface area contributed by atoms with Gasteiger partial charge in [-0.25, -0.2) is 12.8 Å². The van der Waals surface area contributed by atoms with Gasteiger partial charge in [0.25, 0.3) is 0 Å². The molecule has 0 saturated heterocycles. The van der Waals surface area contributed by atoms with Crippen LogP contribution in [0.25, 0.3) is 0 Å². The summed E-state index contributed by atoms with van der Waals surface area (Å²) < 4.78 is 38.1. The molecule has 1 aromatic rings. The van der Waals surface area contributed by atoms with Gasteiger partial charge >= 0.3 is 0 Å². The van der Waals surface area contributed by atoms with Crippen molar-refractivity contribution >= 4 is 25.8 Å². The molecule has 0 bridgehead atoms. The Morgan fingerprint density at radius 3 is 2.58 bits per heavy atom. The van der Waals surface area contributed by atoms with Crippen molar-refractivity contribution in [2.45, 2.75) is 31.6 Å². The summed E-state index contributed by atoms with van der Waals surface area (Å²) in [6, 6.07) is 4.02. The van der Waals surface area contributed by atoms with Crippen LogP contribution in [0.1, 0.15) is 31.9 Å². The number of sulfone groups is 1.